The fraction of sp³-hybridized carbons (Fsp3) is 1.00. The van der Waals surface area contributed by atoms with Crippen LogP contribution < -0.4 is 10.6 Å². The van der Waals surface area contributed by atoms with Gasteiger partial charge in [-0.1, -0.05) is 19.8 Å². The van der Waals surface area contributed by atoms with E-state index in [0.29, 0.717) is 0 Å². The molecule has 1 rings (SSSR count). The van der Waals surface area contributed by atoms with Crippen LogP contribution in [0.25, 0.3) is 0 Å². The topological polar surface area (TPSA) is 24.1 Å². The highest BCUT2D eigenvalue weighted by Crippen LogP contribution is 2.33. The van der Waals surface area contributed by atoms with Gasteiger partial charge in [0.2, 0.25) is 0 Å². The summed E-state index contributed by atoms with van der Waals surface area (Å²) in [5.74, 6) is 1.10. The monoisotopic (exact) mass is 184 g/mol. The van der Waals surface area contributed by atoms with Crippen molar-refractivity contribution >= 4 is 0 Å². The highest BCUT2D eigenvalue weighted by Gasteiger charge is 2.19. The molecule has 0 aromatic carbocycles. The van der Waals surface area contributed by atoms with Crippen molar-refractivity contribution in [3.63, 3.8) is 0 Å². The van der Waals surface area contributed by atoms with Crippen molar-refractivity contribution < 1.29 is 0 Å². The van der Waals surface area contributed by atoms with Gasteiger partial charge in [0.1, 0.15) is 0 Å². The molecule has 0 saturated heterocycles. The standard InChI is InChI=1S/C11H24N2/c1-2-7-12-9-10-13-8-3-4-11-5-6-11/h11-13H,2-10H2,1H3. The zero-order valence-corrected chi connectivity index (χ0v) is 8.94. The van der Waals surface area contributed by atoms with E-state index in [1.54, 1.807) is 0 Å². The van der Waals surface area contributed by atoms with E-state index >= 15 is 0 Å². The molecule has 78 valence electrons. The molecular weight excluding hydrogens is 160 g/mol. The second kappa shape index (κ2) is 7.34. The summed E-state index contributed by atoms with van der Waals surface area (Å²) in [4.78, 5) is 0. The molecule has 0 spiro atoms. The minimum absolute atomic E-state index is 1.10. The molecule has 1 saturated carbocycles. The summed E-state index contributed by atoms with van der Waals surface area (Å²) < 4.78 is 0. The summed E-state index contributed by atoms with van der Waals surface area (Å²) in [5, 5.41) is 6.85. The molecule has 2 N–H and O–H groups in total. The first-order valence-corrected chi connectivity index (χ1v) is 5.85. The molecule has 0 unspecified atom stereocenters. The Bertz CT molecular complexity index is 111. The third-order valence-electron chi connectivity index (χ3n) is 2.57. The maximum absolute atomic E-state index is 3.46. The number of hydrogen-bond donors (Lipinski definition) is 2. The van der Waals surface area contributed by atoms with E-state index in [1.807, 2.05) is 0 Å². The second-order valence-electron chi connectivity index (χ2n) is 4.09. The van der Waals surface area contributed by atoms with Crippen LogP contribution in [-0.4, -0.2) is 26.2 Å². The maximum Gasteiger partial charge on any atom is 0.00767 e. The Morgan fingerprint density at radius 3 is 2.31 bits per heavy atom. The first kappa shape index (κ1) is 11.0. The van der Waals surface area contributed by atoms with Crippen LogP contribution in [0.5, 0.6) is 0 Å². The Kier molecular flexibility index (Phi) is 6.21. The third-order valence-corrected chi connectivity index (χ3v) is 2.57. The molecule has 2 heteroatoms. The van der Waals surface area contributed by atoms with Gasteiger partial charge in [0.05, 0.1) is 0 Å². The molecule has 1 fully saturated rings. The summed E-state index contributed by atoms with van der Waals surface area (Å²) in [7, 11) is 0. The highest BCUT2D eigenvalue weighted by molar-refractivity contribution is 4.72. The summed E-state index contributed by atoms with van der Waals surface area (Å²) in [6.07, 6.45) is 7.06. The highest BCUT2D eigenvalue weighted by atomic mass is 14.9. The van der Waals surface area contributed by atoms with Gasteiger partial charge in [-0.3, -0.25) is 0 Å². The molecule has 0 aromatic heterocycles. The zero-order chi connectivity index (χ0) is 9.36. The largest absolute Gasteiger partial charge is 0.315 e. The Morgan fingerprint density at radius 1 is 1.00 bits per heavy atom. The molecule has 1 aliphatic carbocycles. The summed E-state index contributed by atoms with van der Waals surface area (Å²) in [5.41, 5.74) is 0. The van der Waals surface area contributed by atoms with Crippen LogP contribution in [0, 0.1) is 5.92 Å². The lowest BCUT2D eigenvalue weighted by molar-refractivity contribution is 0.568. The van der Waals surface area contributed by atoms with E-state index in [1.165, 1.54) is 38.6 Å². The maximum atomic E-state index is 3.46. The summed E-state index contributed by atoms with van der Waals surface area (Å²) >= 11 is 0. The van der Waals surface area contributed by atoms with Gasteiger partial charge in [-0.2, -0.15) is 0 Å². The first-order chi connectivity index (χ1) is 6.43. The van der Waals surface area contributed by atoms with Crippen molar-refractivity contribution in [3.8, 4) is 0 Å². The van der Waals surface area contributed by atoms with Gasteiger partial charge >= 0.3 is 0 Å². The fourth-order valence-corrected chi connectivity index (χ4v) is 1.53. The molecule has 0 atom stereocenters. The number of nitrogens with one attached hydrogen (secondary N) is 2. The average Bonchev–Trinajstić information content (AvgIpc) is 2.93. The number of hydrogen-bond acceptors (Lipinski definition) is 2. The molecule has 0 heterocycles. The molecule has 0 aromatic rings. The van der Waals surface area contributed by atoms with Crippen molar-refractivity contribution in [3.05, 3.63) is 0 Å². The van der Waals surface area contributed by atoms with Crippen LogP contribution in [0.3, 0.4) is 0 Å². The molecule has 2 nitrogen and oxygen atoms in total. The van der Waals surface area contributed by atoms with Crippen molar-refractivity contribution in [2.24, 2.45) is 5.92 Å². The van der Waals surface area contributed by atoms with Crippen molar-refractivity contribution in [1.82, 2.24) is 10.6 Å². The van der Waals surface area contributed by atoms with E-state index in [-0.39, 0.29) is 0 Å². The lowest BCUT2D eigenvalue weighted by Crippen LogP contribution is -2.28. The van der Waals surface area contributed by atoms with Crippen LogP contribution in [0.2, 0.25) is 0 Å². The summed E-state index contributed by atoms with van der Waals surface area (Å²) in [6, 6.07) is 0. The summed E-state index contributed by atoms with van der Waals surface area (Å²) in [6.45, 7) is 6.83. The lowest BCUT2D eigenvalue weighted by atomic mass is 10.2. The van der Waals surface area contributed by atoms with E-state index in [9.17, 15) is 0 Å². The van der Waals surface area contributed by atoms with Gasteiger partial charge in [-0.05, 0) is 38.3 Å². The molecule has 0 amide bonds. The van der Waals surface area contributed by atoms with Crippen molar-refractivity contribution in [1.29, 1.82) is 0 Å². The molecule has 13 heavy (non-hydrogen) atoms. The van der Waals surface area contributed by atoms with Gasteiger partial charge in [-0.25, -0.2) is 0 Å². The van der Waals surface area contributed by atoms with E-state index in [4.69, 9.17) is 0 Å². The molecule has 0 radical (unpaired) electrons. The van der Waals surface area contributed by atoms with Gasteiger partial charge in [0.15, 0.2) is 0 Å². The fourth-order valence-electron chi connectivity index (χ4n) is 1.53. The van der Waals surface area contributed by atoms with Gasteiger partial charge in [0, 0.05) is 13.1 Å². The minimum Gasteiger partial charge on any atom is -0.315 e. The van der Waals surface area contributed by atoms with Crippen LogP contribution >= 0.6 is 0 Å². The molecule has 0 aliphatic heterocycles. The van der Waals surface area contributed by atoms with Gasteiger partial charge in [0.25, 0.3) is 0 Å². The SMILES string of the molecule is CCCNCCNCCCC1CC1. The molecular formula is C11H24N2. The Balaban J connectivity index is 1.63. The third kappa shape index (κ3) is 7.03. The van der Waals surface area contributed by atoms with Crippen LogP contribution in [0.1, 0.15) is 39.0 Å². The van der Waals surface area contributed by atoms with Crippen LogP contribution in [0.4, 0.5) is 0 Å². The second-order valence-corrected chi connectivity index (χ2v) is 4.09. The van der Waals surface area contributed by atoms with Crippen molar-refractivity contribution in [2.45, 2.75) is 39.0 Å². The molecule has 0 bridgehead atoms. The molecule has 1 aliphatic rings. The van der Waals surface area contributed by atoms with Gasteiger partial charge < -0.3 is 10.6 Å². The van der Waals surface area contributed by atoms with E-state index in [2.05, 4.69) is 17.6 Å². The smallest absolute Gasteiger partial charge is 0.00767 e. The number of rotatable bonds is 9. The van der Waals surface area contributed by atoms with E-state index < -0.39 is 0 Å². The van der Waals surface area contributed by atoms with E-state index in [0.717, 1.165) is 25.6 Å². The predicted octanol–water partition coefficient (Wildman–Crippen LogP) is 1.77. The van der Waals surface area contributed by atoms with Gasteiger partial charge in [-0.15, -0.1) is 0 Å². The first-order valence-electron chi connectivity index (χ1n) is 5.85. The quantitative estimate of drug-likeness (QED) is 0.534. The normalized spacial score (nSPS) is 16.4. The lowest BCUT2D eigenvalue weighted by Gasteiger charge is -2.04. The van der Waals surface area contributed by atoms with Crippen LogP contribution in [-0.2, 0) is 0 Å². The Hall–Kier alpha value is -0.0800. The Morgan fingerprint density at radius 2 is 1.69 bits per heavy atom. The predicted molar refractivity (Wildman–Crippen MR) is 58.0 cm³/mol. The van der Waals surface area contributed by atoms with Crippen LogP contribution in [0.15, 0.2) is 0 Å². The zero-order valence-electron chi connectivity index (χ0n) is 8.94. The van der Waals surface area contributed by atoms with Crippen molar-refractivity contribution in [2.75, 3.05) is 26.2 Å². The Labute approximate surface area is 82.5 Å². The minimum atomic E-state index is 1.10. The average molecular weight is 184 g/mol.